The molecule has 1 heterocycles. The summed E-state index contributed by atoms with van der Waals surface area (Å²) >= 11 is 0. The topological polar surface area (TPSA) is 140 Å². The number of aliphatic carboxylic acids is 1. The molecule has 0 radical (unpaired) electrons. The molecule has 1 aromatic heterocycles. The first kappa shape index (κ1) is 16.1. The van der Waals surface area contributed by atoms with E-state index in [4.69, 9.17) is 5.11 Å². The first-order valence-electron chi connectivity index (χ1n) is 5.63. The van der Waals surface area contributed by atoms with Gasteiger partial charge in [0, 0.05) is 12.7 Å². The van der Waals surface area contributed by atoms with Crippen LogP contribution < -0.4 is 11.2 Å². The number of H-pyrrole nitrogens is 2. The van der Waals surface area contributed by atoms with Gasteiger partial charge in [-0.3, -0.25) is 14.6 Å². The van der Waals surface area contributed by atoms with Crippen LogP contribution >= 0.6 is 0 Å². The molecule has 0 amide bonds. The lowest BCUT2D eigenvalue weighted by atomic mass is 10.1. The van der Waals surface area contributed by atoms with Crippen LogP contribution in [0.5, 0.6) is 0 Å². The van der Waals surface area contributed by atoms with Crippen molar-refractivity contribution >= 4 is 16.0 Å². The van der Waals surface area contributed by atoms with E-state index >= 15 is 0 Å². The third-order valence-corrected chi connectivity index (χ3v) is 4.94. The van der Waals surface area contributed by atoms with Gasteiger partial charge in [-0.05, 0) is 13.8 Å². The van der Waals surface area contributed by atoms with Gasteiger partial charge >= 0.3 is 11.7 Å². The fourth-order valence-electron chi connectivity index (χ4n) is 1.68. The number of rotatable bonds is 5. The van der Waals surface area contributed by atoms with Gasteiger partial charge in [0.15, 0.2) is 4.90 Å². The van der Waals surface area contributed by atoms with Crippen molar-refractivity contribution in [3.05, 3.63) is 27.0 Å². The van der Waals surface area contributed by atoms with Crippen molar-refractivity contribution in [3.63, 3.8) is 0 Å². The monoisotopic (exact) mass is 305 g/mol. The van der Waals surface area contributed by atoms with Crippen LogP contribution in [0.3, 0.4) is 0 Å². The number of aromatic amines is 2. The molecule has 1 rings (SSSR count). The zero-order chi connectivity index (χ0) is 15.7. The summed E-state index contributed by atoms with van der Waals surface area (Å²) in [7, 11) is -4.36. The largest absolute Gasteiger partial charge is 0.480 e. The zero-order valence-corrected chi connectivity index (χ0v) is 11.9. The number of carbonyl (C=O) groups is 1. The van der Waals surface area contributed by atoms with E-state index in [-0.39, 0.29) is 6.54 Å². The maximum atomic E-state index is 12.4. The van der Waals surface area contributed by atoms with Gasteiger partial charge in [-0.25, -0.2) is 13.2 Å². The highest BCUT2D eigenvalue weighted by atomic mass is 32.2. The molecule has 3 N–H and O–H groups in total. The van der Waals surface area contributed by atoms with Crippen LogP contribution in [-0.4, -0.2) is 45.9 Å². The fourth-order valence-corrected chi connectivity index (χ4v) is 3.43. The molecule has 0 aliphatic carbocycles. The third kappa shape index (κ3) is 2.65. The Hall–Kier alpha value is -1.94. The number of aromatic nitrogens is 2. The van der Waals surface area contributed by atoms with Gasteiger partial charge in [0.25, 0.3) is 15.6 Å². The van der Waals surface area contributed by atoms with Crippen LogP contribution in [0.2, 0.25) is 0 Å². The summed E-state index contributed by atoms with van der Waals surface area (Å²) in [5, 5.41) is 9.12. The smallest absolute Gasteiger partial charge is 0.325 e. The van der Waals surface area contributed by atoms with E-state index in [1.807, 2.05) is 4.98 Å². The fraction of sp³-hybridized carbons (Fsp3) is 0.500. The second-order valence-corrected chi connectivity index (χ2v) is 6.30. The molecular weight excluding hydrogens is 290 g/mol. The van der Waals surface area contributed by atoms with Gasteiger partial charge in [0.2, 0.25) is 0 Å². The molecule has 0 bridgehead atoms. The number of likely N-dealkylation sites (N-methyl/N-ethyl adjacent to an activating group) is 1. The van der Waals surface area contributed by atoms with Gasteiger partial charge in [-0.15, -0.1) is 0 Å². The third-order valence-electron chi connectivity index (χ3n) is 2.79. The van der Waals surface area contributed by atoms with Gasteiger partial charge in [0.1, 0.15) is 5.54 Å². The summed E-state index contributed by atoms with van der Waals surface area (Å²) in [6, 6.07) is 0. The summed E-state index contributed by atoms with van der Waals surface area (Å²) in [6.07, 6.45) is 0.747. The summed E-state index contributed by atoms with van der Waals surface area (Å²) < 4.78 is 25.4. The normalized spacial score (nSPS) is 12.6. The van der Waals surface area contributed by atoms with E-state index in [9.17, 15) is 22.8 Å². The highest BCUT2D eigenvalue weighted by Crippen LogP contribution is 2.22. The summed E-state index contributed by atoms with van der Waals surface area (Å²) in [5.41, 5.74) is -3.70. The Balaban J connectivity index is 3.52. The van der Waals surface area contributed by atoms with Crippen LogP contribution in [0.15, 0.2) is 20.7 Å². The number of hydrogen-bond donors (Lipinski definition) is 3. The highest BCUT2D eigenvalue weighted by molar-refractivity contribution is 7.89. The van der Waals surface area contributed by atoms with Crippen molar-refractivity contribution in [3.8, 4) is 0 Å². The van der Waals surface area contributed by atoms with Crippen molar-refractivity contribution in [1.29, 1.82) is 0 Å². The lowest BCUT2D eigenvalue weighted by Crippen LogP contribution is -2.53. The number of nitrogens with zero attached hydrogens (tertiary/aromatic N) is 1. The summed E-state index contributed by atoms with van der Waals surface area (Å²) in [4.78, 5) is 36.8. The standard InChI is InChI=1S/C10H15N3O6S/c1-4-13(10(2,3)8(15)16)20(18,19)6-5-11-9(17)12-7(6)14/h5H,4H2,1-3H3,(H,15,16)(H2,11,12,14,17). The molecule has 0 atom stereocenters. The molecule has 0 aromatic carbocycles. The molecule has 0 spiro atoms. The van der Waals surface area contributed by atoms with Crippen LogP contribution in [-0.2, 0) is 14.8 Å². The predicted molar refractivity (Wildman–Crippen MR) is 69.0 cm³/mol. The minimum Gasteiger partial charge on any atom is -0.480 e. The molecule has 9 nitrogen and oxygen atoms in total. The van der Waals surface area contributed by atoms with Crippen LogP contribution in [0.4, 0.5) is 0 Å². The van der Waals surface area contributed by atoms with Crippen molar-refractivity contribution < 1.29 is 18.3 Å². The molecule has 0 saturated heterocycles. The minimum atomic E-state index is -4.36. The molecule has 0 fully saturated rings. The Morgan fingerprint density at radius 1 is 1.40 bits per heavy atom. The molecule has 20 heavy (non-hydrogen) atoms. The summed E-state index contributed by atoms with van der Waals surface area (Å²) in [5.74, 6) is -1.36. The minimum absolute atomic E-state index is 0.153. The SMILES string of the molecule is CCN(C(C)(C)C(=O)O)S(=O)(=O)c1c[nH]c(=O)[nH]c1=O. The van der Waals surface area contributed by atoms with E-state index in [1.165, 1.54) is 20.8 Å². The molecule has 1 aromatic rings. The zero-order valence-electron chi connectivity index (χ0n) is 11.1. The average Bonchev–Trinajstić information content (AvgIpc) is 2.27. The van der Waals surface area contributed by atoms with Crippen molar-refractivity contribution in [2.75, 3.05) is 6.54 Å². The maximum Gasteiger partial charge on any atom is 0.325 e. The average molecular weight is 305 g/mol. The maximum absolute atomic E-state index is 12.4. The Labute approximate surface area is 114 Å². The van der Waals surface area contributed by atoms with E-state index < -0.39 is 37.7 Å². The van der Waals surface area contributed by atoms with Crippen LogP contribution in [0, 0.1) is 0 Å². The molecule has 112 valence electrons. The number of hydrogen-bond acceptors (Lipinski definition) is 5. The van der Waals surface area contributed by atoms with Crippen LogP contribution in [0.1, 0.15) is 20.8 Å². The molecule has 0 aliphatic heterocycles. The summed E-state index contributed by atoms with van der Waals surface area (Å²) in [6.45, 7) is 3.70. The number of carboxylic acid groups (broad SMARTS) is 1. The quantitative estimate of drug-likeness (QED) is 0.633. The lowest BCUT2D eigenvalue weighted by molar-refractivity contribution is -0.146. The van der Waals surface area contributed by atoms with E-state index in [2.05, 4.69) is 0 Å². The first-order valence-corrected chi connectivity index (χ1v) is 7.07. The Kier molecular flexibility index (Phi) is 4.20. The molecule has 0 saturated carbocycles. The second kappa shape index (κ2) is 5.21. The van der Waals surface area contributed by atoms with Crippen molar-refractivity contribution in [1.82, 2.24) is 14.3 Å². The Morgan fingerprint density at radius 3 is 2.35 bits per heavy atom. The molecule has 0 unspecified atom stereocenters. The van der Waals surface area contributed by atoms with Gasteiger partial charge in [-0.1, -0.05) is 6.92 Å². The van der Waals surface area contributed by atoms with Gasteiger partial charge < -0.3 is 10.1 Å². The highest BCUT2D eigenvalue weighted by Gasteiger charge is 2.42. The van der Waals surface area contributed by atoms with Gasteiger partial charge in [0.05, 0.1) is 0 Å². The number of nitrogens with one attached hydrogen (secondary N) is 2. The second-order valence-electron chi connectivity index (χ2n) is 4.47. The molecule has 0 aliphatic rings. The molecular formula is C10H15N3O6S. The number of sulfonamides is 1. The van der Waals surface area contributed by atoms with E-state index in [0.29, 0.717) is 4.31 Å². The van der Waals surface area contributed by atoms with E-state index in [0.717, 1.165) is 6.20 Å². The van der Waals surface area contributed by atoms with Crippen LogP contribution in [0.25, 0.3) is 0 Å². The predicted octanol–water partition coefficient (Wildman–Crippen LogP) is -1.06. The van der Waals surface area contributed by atoms with Gasteiger partial charge in [-0.2, -0.15) is 4.31 Å². The van der Waals surface area contributed by atoms with E-state index in [1.54, 1.807) is 4.98 Å². The molecule has 10 heteroatoms. The van der Waals surface area contributed by atoms with Crippen molar-refractivity contribution in [2.45, 2.75) is 31.2 Å². The Morgan fingerprint density at radius 2 is 1.95 bits per heavy atom. The lowest BCUT2D eigenvalue weighted by Gasteiger charge is -2.32. The number of carboxylic acids is 1. The first-order chi connectivity index (χ1) is 9.05. The van der Waals surface area contributed by atoms with Crippen molar-refractivity contribution in [2.24, 2.45) is 0 Å². The Bertz CT molecular complexity index is 730.